The minimum atomic E-state index is -1.01. The molecule has 0 aliphatic rings. The average Bonchev–Trinajstić information content (AvgIpc) is 2.44. The van der Waals surface area contributed by atoms with Gasteiger partial charge in [-0.3, -0.25) is 9.59 Å². The normalized spacial score (nSPS) is 11.2. The molecule has 0 spiro atoms. The van der Waals surface area contributed by atoms with Crippen LogP contribution >= 0.6 is 0 Å². The molecule has 1 N–H and O–H groups in total. The number of aliphatic carboxylic acids is 1. The standard InChI is InChI=1S/C16H23NO4/c1-4-17(10-14(18)19)15(20)16(2,3)12-21-11-13-8-6-5-7-9-13/h5-9H,4,10-12H2,1-3H3,(H,18,19). The Balaban J connectivity index is 2.54. The van der Waals surface area contributed by atoms with Crippen molar-refractivity contribution < 1.29 is 19.4 Å². The van der Waals surface area contributed by atoms with Crippen molar-refractivity contribution in [1.29, 1.82) is 0 Å². The number of likely N-dealkylation sites (N-methyl/N-ethyl adjacent to an activating group) is 1. The van der Waals surface area contributed by atoms with Gasteiger partial charge in [0.15, 0.2) is 0 Å². The molecule has 116 valence electrons. The van der Waals surface area contributed by atoms with Crippen LogP contribution in [0.5, 0.6) is 0 Å². The van der Waals surface area contributed by atoms with Crippen LogP contribution in [-0.4, -0.2) is 41.6 Å². The van der Waals surface area contributed by atoms with Crippen molar-refractivity contribution in [3.05, 3.63) is 35.9 Å². The second kappa shape index (κ2) is 7.78. The summed E-state index contributed by atoms with van der Waals surface area (Å²) in [6, 6.07) is 9.71. The molecule has 0 saturated carbocycles. The maximum absolute atomic E-state index is 12.4. The van der Waals surface area contributed by atoms with E-state index in [4.69, 9.17) is 9.84 Å². The molecule has 0 fully saturated rings. The van der Waals surface area contributed by atoms with Crippen LogP contribution in [0.1, 0.15) is 26.3 Å². The van der Waals surface area contributed by atoms with Crippen molar-refractivity contribution in [2.45, 2.75) is 27.4 Å². The second-order valence-electron chi connectivity index (χ2n) is 5.58. The maximum Gasteiger partial charge on any atom is 0.323 e. The van der Waals surface area contributed by atoms with Crippen LogP contribution in [0.15, 0.2) is 30.3 Å². The molecule has 1 aromatic carbocycles. The first kappa shape index (κ1) is 17.2. The van der Waals surface area contributed by atoms with Crippen LogP contribution in [0.3, 0.4) is 0 Å². The quantitative estimate of drug-likeness (QED) is 0.797. The van der Waals surface area contributed by atoms with E-state index in [1.807, 2.05) is 30.3 Å². The minimum absolute atomic E-state index is 0.208. The number of carboxylic acid groups (broad SMARTS) is 1. The molecule has 5 nitrogen and oxygen atoms in total. The topological polar surface area (TPSA) is 66.8 Å². The molecule has 0 aliphatic heterocycles. The molecule has 1 aromatic rings. The summed E-state index contributed by atoms with van der Waals surface area (Å²) in [6.45, 7) is 6.07. The van der Waals surface area contributed by atoms with Crippen molar-refractivity contribution >= 4 is 11.9 Å². The van der Waals surface area contributed by atoms with E-state index in [9.17, 15) is 9.59 Å². The Kier molecular flexibility index (Phi) is 6.37. The van der Waals surface area contributed by atoms with E-state index < -0.39 is 11.4 Å². The molecule has 0 heterocycles. The molecule has 0 radical (unpaired) electrons. The summed E-state index contributed by atoms with van der Waals surface area (Å²) < 4.78 is 5.61. The van der Waals surface area contributed by atoms with Crippen LogP contribution < -0.4 is 0 Å². The minimum Gasteiger partial charge on any atom is -0.480 e. The van der Waals surface area contributed by atoms with Crippen LogP contribution in [-0.2, 0) is 20.9 Å². The Morgan fingerprint density at radius 3 is 2.38 bits per heavy atom. The van der Waals surface area contributed by atoms with E-state index in [1.54, 1.807) is 20.8 Å². The third-order valence-corrected chi connectivity index (χ3v) is 3.15. The lowest BCUT2D eigenvalue weighted by Crippen LogP contribution is -2.45. The lowest BCUT2D eigenvalue weighted by molar-refractivity contribution is -0.150. The number of hydrogen-bond acceptors (Lipinski definition) is 3. The van der Waals surface area contributed by atoms with Crippen LogP contribution in [0, 0.1) is 5.41 Å². The van der Waals surface area contributed by atoms with Gasteiger partial charge in [-0.05, 0) is 26.3 Å². The first-order valence-corrected chi connectivity index (χ1v) is 6.99. The third kappa shape index (κ3) is 5.55. The summed E-state index contributed by atoms with van der Waals surface area (Å²) in [5.74, 6) is -1.22. The zero-order valence-corrected chi connectivity index (χ0v) is 12.8. The van der Waals surface area contributed by atoms with E-state index in [-0.39, 0.29) is 19.1 Å². The van der Waals surface area contributed by atoms with Gasteiger partial charge in [-0.15, -0.1) is 0 Å². The lowest BCUT2D eigenvalue weighted by atomic mass is 9.92. The predicted molar refractivity (Wildman–Crippen MR) is 79.8 cm³/mol. The first-order chi connectivity index (χ1) is 9.86. The Labute approximate surface area is 125 Å². The van der Waals surface area contributed by atoms with Gasteiger partial charge in [-0.25, -0.2) is 0 Å². The zero-order chi connectivity index (χ0) is 15.9. The highest BCUT2D eigenvalue weighted by Crippen LogP contribution is 2.20. The molecular formula is C16H23NO4. The number of hydrogen-bond donors (Lipinski definition) is 1. The second-order valence-corrected chi connectivity index (χ2v) is 5.58. The average molecular weight is 293 g/mol. The highest BCUT2D eigenvalue weighted by Gasteiger charge is 2.32. The molecule has 21 heavy (non-hydrogen) atoms. The monoisotopic (exact) mass is 293 g/mol. The Morgan fingerprint density at radius 1 is 1.24 bits per heavy atom. The summed E-state index contributed by atoms with van der Waals surface area (Å²) >= 11 is 0. The van der Waals surface area contributed by atoms with E-state index in [2.05, 4.69) is 0 Å². The van der Waals surface area contributed by atoms with Crippen molar-refractivity contribution in [1.82, 2.24) is 4.90 Å². The number of rotatable bonds is 8. The summed E-state index contributed by atoms with van der Waals surface area (Å²) in [5, 5.41) is 8.83. The van der Waals surface area contributed by atoms with E-state index >= 15 is 0 Å². The molecule has 0 aliphatic carbocycles. The van der Waals surface area contributed by atoms with E-state index in [0.29, 0.717) is 13.2 Å². The predicted octanol–water partition coefficient (Wildman–Crippen LogP) is 2.16. The number of carbonyl (C=O) groups is 2. The zero-order valence-electron chi connectivity index (χ0n) is 12.8. The maximum atomic E-state index is 12.4. The first-order valence-electron chi connectivity index (χ1n) is 6.99. The molecule has 0 unspecified atom stereocenters. The van der Waals surface area contributed by atoms with E-state index in [1.165, 1.54) is 4.90 Å². The van der Waals surface area contributed by atoms with Gasteiger partial charge >= 0.3 is 5.97 Å². The largest absolute Gasteiger partial charge is 0.480 e. The fraction of sp³-hybridized carbons (Fsp3) is 0.500. The van der Waals surface area contributed by atoms with E-state index in [0.717, 1.165) is 5.56 Å². The molecule has 0 saturated heterocycles. The number of amides is 1. The molecule has 1 amide bonds. The van der Waals surface area contributed by atoms with Gasteiger partial charge < -0.3 is 14.7 Å². The Bertz CT molecular complexity index is 470. The SMILES string of the molecule is CCN(CC(=O)O)C(=O)C(C)(C)COCc1ccccc1. The molecular weight excluding hydrogens is 270 g/mol. The van der Waals surface area contributed by atoms with Crippen molar-refractivity contribution in [2.75, 3.05) is 19.7 Å². The van der Waals surface area contributed by atoms with Gasteiger partial charge in [0.1, 0.15) is 6.54 Å². The molecule has 1 rings (SSSR count). The third-order valence-electron chi connectivity index (χ3n) is 3.15. The van der Waals surface area contributed by atoms with Crippen molar-refractivity contribution in [3.8, 4) is 0 Å². The van der Waals surface area contributed by atoms with Gasteiger partial charge in [0.2, 0.25) is 5.91 Å². The Hall–Kier alpha value is -1.88. The molecule has 0 atom stereocenters. The number of ether oxygens (including phenoxy) is 1. The highest BCUT2D eigenvalue weighted by atomic mass is 16.5. The fourth-order valence-corrected chi connectivity index (χ4v) is 1.98. The number of nitrogens with zero attached hydrogens (tertiary/aromatic N) is 1. The smallest absolute Gasteiger partial charge is 0.323 e. The highest BCUT2D eigenvalue weighted by molar-refractivity contribution is 5.85. The number of benzene rings is 1. The van der Waals surface area contributed by atoms with Crippen molar-refractivity contribution in [2.24, 2.45) is 5.41 Å². The molecule has 5 heteroatoms. The van der Waals surface area contributed by atoms with Crippen molar-refractivity contribution in [3.63, 3.8) is 0 Å². The number of carbonyl (C=O) groups excluding carboxylic acids is 1. The van der Waals surface area contributed by atoms with Crippen LogP contribution in [0.2, 0.25) is 0 Å². The van der Waals surface area contributed by atoms with Crippen LogP contribution in [0.4, 0.5) is 0 Å². The molecule has 0 aromatic heterocycles. The Morgan fingerprint density at radius 2 is 1.86 bits per heavy atom. The van der Waals surface area contributed by atoms with Gasteiger partial charge in [-0.1, -0.05) is 30.3 Å². The van der Waals surface area contributed by atoms with Gasteiger partial charge in [-0.2, -0.15) is 0 Å². The summed E-state index contributed by atoms with van der Waals surface area (Å²) in [4.78, 5) is 24.5. The summed E-state index contributed by atoms with van der Waals surface area (Å²) in [6.07, 6.45) is 0. The van der Waals surface area contributed by atoms with Gasteiger partial charge in [0, 0.05) is 6.54 Å². The molecule has 0 bridgehead atoms. The lowest BCUT2D eigenvalue weighted by Gasteiger charge is -2.30. The van der Waals surface area contributed by atoms with Crippen LogP contribution in [0.25, 0.3) is 0 Å². The summed E-state index contributed by atoms with van der Waals surface area (Å²) in [7, 11) is 0. The van der Waals surface area contributed by atoms with Gasteiger partial charge in [0.25, 0.3) is 0 Å². The van der Waals surface area contributed by atoms with Gasteiger partial charge in [0.05, 0.1) is 18.6 Å². The summed E-state index contributed by atoms with van der Waals surface area (Å²) in [5.41, 5.74) is 0.291. The number of carboxylic acids is 1. The fourth-order valence-electron chi connectivity index (χ4n) is 1.98.